The van der Waals surface area contributed by atoms with E-state index >= 15 is 0 Å². The number of rotatable bonds is 8. The summed E-state index contributed by atoms with van der Waals surface area (Å²) in [6.07, 6.45) is 6.02. The second-order valence-electron chi connectivity index (χ2n) is 12.1. The Kier molecular flexibility index (Phi) is 17.8. The van der Waals surface area contributed by atoms with E-state index in [1.54, 1.807) is 0 Å². The fourth-order valence-corrected chi connectivity index (χ4v) is 5.11. The number of hydrogen-bond acceptors (Lipinski definition) is 3. The Hall–Kier alpha value is -1.27. The topological polar surface area (TPSA) is 36.4 Å². The van der Waals surface area contributed by atoms with Gasteiger partial charge >= 0.3 is 117 Å². The molecule has 3 nitrogen and oxygen atoms in total. The molecule has 1 aliphatic heterocycles. The van der Waals surface area contributed by atoms with Crippen molar-refractivity contribution in [2.75, 3.05) is 17.2 Å². The Morgan fingerprint density at radius 1 is 0.683 bits per heavy atom. The quantitative estimate of drug-likeness (QED) is 0.406. The molecule has 0 aromatic heterocycles. The van der Waals surface area contributed by atoms with Gasteiger partial charge in [0.1, 0.15) is 0 Å². The molecule has 224 valence electrons. The van der Waals surface area contributed by atoms with Gasteiger partial charge in [-0.15, -0.1) is 0 Å². The zero-order valence-corrected chi connectivity index (χ0v) is 32.0. The van der Waals surface area contributed by atoms with Crippen molar-refractivity contribution >= 4 is 21.5 Å². The zero-order valence-electron chi connectivity index (χ0n) is 27.3. The van der Waals surface area contributed by atoms with Gasteiger partial charge in [0.15, 0.2) is 0 Å². The van der Waals surface area contributed by atoms with Crippen molar-refractivity contribution in [3.8, 4) is 0 Å². The second kappa shape index (κ2) is 18.4. The predicted octanol–water partition coefficient (Wildman–Crippen LogP) is 3.93. The summed E-state index contributed by atoms with van der Waals surface area (Å²) in [5.41, 5.74) is 13.4. The molecule has 0 fully saturated rings. The smallest absolute Gasteiger partial charge is 1.00 e. The van der Waals surface area contributed by atoms with E-state index in [0.29, 0.717) is 23.7 Å². The van der Waals surface area contributed by atoms with Gasteiger partial charge in [0, 0.05) is 17.6 Å². The minimum atomic E-state index is 0. The molecule has 1 heterocycles. The molecule has 0 atom stereocenters. The molecule has 2 N–H and O–H groups in total. The van der Waals surface area contributed by atoms with E-state index in [4.69, 9.17) is 0 Å². The van der Waals surface area contributed by atoms with E-state index in [9.17, 15) is 0 Å². The largest absolute Gasteiger partial charge is 1.00 e. The SMILES string of the molecule is CC(Nc1c(C(C)C)cc(C)cc1C(C)C)=C1C=CC=NC1.C[C](=[Ti+2])Nc1c(C(C)C)cc(C)cc1C(C)C.[Br-].[Br-]. The maximum Gasteiger partial charge on any atom is -1.00 e. The summed E-state index contributed by atoms with van der Waals surface area (Å²) >= 11 is 2.12. The Labute approximate surface area is 283 Å². The van der Waals surface area contributed by atoms with E-state index in [0.717, 1.165) is 6.54 Å². The first kappa shape index (κ1) is 39.7. The number of allylic oxidation sites excluding steroid dienone is 2. The maximum absolute atomic E-state index is 4.34. The average Bonchev–Trinajstić information content (AvgIpc) is 2.85. The van der Waals surface area contributed by atoms with Crippen LogP contribution in [0.4, 0.5) is 11.4 Å². The molecule has 0 unspecified atom stereocenters. The van der Waals surface area contributed by atoms with Crippen LogP contribution in [0.1, 0.15) is 126 Å². The summed E-state index contributed by atoms with van der Waals surface area (Å²) in [4.78, 5) is 4.34. The van der Waals surface area contributed by atoms with Crippen LogP contribution in [-0.2, 0) is 20.0 Å². The van der Waals surface area contributed by atoms with Crippen molar-refractivity contribution in [3.63, 3.8) is 0 Å². The molecule has 2 aromatic carbocycles. The van der Waals surface area contributed by atoms with Crippen molar-refractivity contribution in [1.29, 1.82) is 0 Å². The summed E-state index contributed by atoms with van der Waals surface area (Å²) in [5, 5.41) is 7.24. The standard InChI is InChI=1S/C20H28N2.C15H23N.2BrH.Ti/c1-13(2)18-10-15(5)11-19(14(3)4)20(18)22-16(6)17-8-7-9-21-12-17;1-7-16-15-13(10(2)3)8-12(6)9-14(15)11(4)5;;;/h7-11,13-14,22H,12H2,1-6H3;8-11,16H,1-6H3;2*1H;/q;;;;+2/p-2. The molecule has 1 aliphatic rings. The molecule has 0 aliphatic carbocycles. The fraction of sp³-hybridized carbons (Fsp3) is 0.486. The van der Waals surface area contributed by atoms with Crippen molar-refractivity contribution in [3.05, 3.63) is 81.1 Å². The summed E-state index contributed by atoms with van der Waals surface area (Å²) in [7, 11) is 0. The van der Waals surface area contributed by atoms with Crippen LogP contribution in [-0.4, -0.2) is 16.7 Å². The molecule has 2 aromatic rings. The summed E-state index contributed by atoms with van der Waals surface area (Å²) in [5.74, 6) is 2.10. The van der Waals surface area contributed by atoms with E-state index in [1.165, 1.54) is 60.0 Å². The van der Waals surface area contributed by atoms with Crippen LogP contribution in [0.2, 0.25) is 0 Å². The third-order valence-electron chi connectivity index (χ3n) is 7.03. The van der Waals surface area contributed by atoms with Crippen LogP contribution < -0.4 is 44.6 Å². The number of nitrogens with zero attached hydrogens (tertiary/aromatic N) is 1. The molecular weight excluding hydrogens is 670 g/mol. The van der Waals surface area contributed by atoms with Gasteiger partial charge in [-0.05, 0) is 48.5 Å². The number of nitrogens with one attached hydrogen (secondary N) is 2. The Morgan fingerprint density at radius 2 is 1.05 bits per heavy atom. The summed E-state index contributed by atoms with van der Waals surface area (Å²) in [6, 6.07) is 9.24. The van der Waals surface area contributed by atoms with Crippen molar-refractivity contribution in [1.82, 2.24) is 0 Å². The van der Waals surface area contributed by atoms with Crippen molar-refractivity contribution in [2.24, 2.45) is 4.99 Å². The predicted molar refractivity (Wildman–Crippen MR) is 172 cm³/mol. The molecule has 0 amide bonds. The van der Waals surface area contributed by atoms with Crippen LogP contribution in [0, 0.1) is 13.8 Å². The van der Waals surface area contributed by atoms with Gasteiger partial charge in [-0.1, -0.05) is 51.5 Å². The number of halogens is 2. The average molecular weight is 721 g/mol. The van der Waals surface area contributed by atoms with Gasteiger partial charge in [0.05, 0.1) is 6.54 Å². The molecule has 41 heavy (non-hydrogen) atoms. The molecule has 6 heteroatoms. The maximum atomic E-state index is 4.34. The van der Waals surface area contributed by atoms with Gasteiger partial charge in [-0.25, -0.2) is 0 Å². The minimum absolute atomic E-state index is 0. The Balaban J connectivity index is 0.000000768. The second-order valence-corrected chi connectivity index (χ2v) is 13.3. The molecule has 3 rings (SSSR count). The normalized spacial score (nSPS) is 13.5. The van der Waals surface area contributed by atoms with Crippen LogP contribution in [0.15, 0.2) is 52.7 Å². The number of aliphatic imine (C=N–C) groups is 1. The van der Waals surface area contributed by atoms with Gasteiger partial charge in [-0.2, -0.15) is 0 Å². The summed E-state index contributed by atoms with van der Waals surface area (Å²) < 4.78 is 1.25. The van der Waals surface area contributed by atoms with E-state index in [-0.39, 0.29) is 34.0 Å². The minimum Gasteiger partial charge on any atom is -1.00 e. The van der Waals surface area contributed by atoms with Gasteiger partial charge in [0.2, 0.25) is 0 Å². The monoisotopic (exact) mass is 719 g/mol. The van der Waals surface area contributed by atoms with Crippen molar-refractivity contribution < 1.29 is 53.9 Å². The van der Waals surface area contributed by atoms with Crippen LogP contribution in [0.25, 0.3) is 0 Å². The third kappa shape index (κ3) is 11.7. The molecule has 0 radical (unpaired) electrons. The van der Waals surface area contributed by atoms with E-state index in [2.05, 4.69) is 149 Å². The first-order valence-electron chi connectivity index (χ1n) is 14.5. The van der Waals surface area contributed by atoms with Gasteiger partial charge in [-0.3, -0.25) is 4.99 Å². The van der Waals surface area contributed by atoms with E-state index < -0.39 is 0 Å². The number of dihydropyridines is 1. The number of anilines is 2. The molecule has 0 bridgehead atoms. The number of hydrogen-bond donors (Lipinski definition) is 2. The van der Waals surface area contributed by atoms with Crippen LogP contribution >= 0.6 is 0 Å². The summed E-state index contributed by atoms with van der Waals surface area (Å²) in [6.45, 7) is 27.5. The number of benzene rings is 2. The molecule has 0 saturated carbocycles. The van der Waals surface area contributed by atoms with E-state index in [1.807, 2.05) is 12.3 Å². The zero-order chi connectivity index (χ0) is 29.4. The molecule has 0 saturated heterocycles. The Morgan fingerprint density at radius 3 is 1.34 bits per heavy atom. The van der Waals surface area contributed by atoms with Gasteiger partial charge < -0.3 is 39.3 Å². The number of aryl methyl sites for hydroxylation is 2. The molecular formula is C35H51Br2N3Ti. The first-order valence-corrected chi connectivity index (χ1v) is 15.2. The fourth-order valence-electron chi connectivity index (χ4n) is 4.92. The van der Waals surface area contributed by atoms with Crippen LogP contribution in [0.5, 0.6) is 0 Å². The van der Waals surface area contributed by atoms with Gasteiger partial charge in [0.25, 0.3) is 0 Å². The first-order chi connectivity index (χ1) is 18.2. The molecule has 0 spiro atoms. The van der Waals surface area contributed by atoms with Crippen LogP contribution in [0.3, 0.4) is 0 Å². The van der Waals surface area contributed by atoms with Crippen molar-refractivity contribution in [2.45, 2.75) is 107 Å². The Bertz CT molecular complexity index is 1200. The third-order valence-corrected chi connectivity index (χ3v) is 7.23.